The Hall–Kier alpha value is -3.53. The van der Waals surface area contributed by atoms with E-state index in [1.54, 1.807) is 28.6 Å². The number of amides is 1. The molecule has 3 heterocycles. The van der Waals surface area contributed by atoms with Gasteiger partial charge in [0.15, 0.2) is 5.82 Å². The van der Waals surface area contributed by atoms with Crippen LogP contribution in [0.25, 0.3) is 0 Å². The molecule has 8 nitrogen and oxygen atoms in total. The van der Waals surface area contributed by atoms with E-state index >= 15 is 0 Å². The van der Waals surface area contributed by atoms with Crippen molar-refractivity contribution >= 4 is 46.4 Å². The molecule has 0 radical (unpaired) electrons. The number of halogens is 1. The SMILES string of the molecule is CCC1C(=O)Nc2cnc(C(C=N)C(=N)c3nccs3)nc2N1c1ccc(F)cc1. The van der Waals surface area contributed by atoms with Crippen LogP contribution in [0.3, 0.4) is 0 Å². The number of thiazole rings is 1. The van der Waals surface area contributed by atoms with Gasteiger partial charge < -0.3 is 21.0 Å². The Morgan fingerprint density at radius 1 is 1.37 bits per heavy atom. The number of carbonyl (C=O) groups is 1. The lowest BCUT2D eigenvalue weighted by atomic mass is 10.0. The summed E-state index contributed by atoms with van der Waals surface area (Å²) in [6.45, 7) is 1.88. The van der Waals surface area contributed by atoms with Gasteiger partial charge in [0, 0.05) is 23.5 Å². The Morgan fingerprint density at radius 3 is 2.77 bits per heavy atom. The highest BCUT2D eigenvalue weighted by Crippen LogP contribution is 2.37. The summed E-state index contributed by atoms with van der Waals surface area (Å²) in [4.78, 5) is 27.4. The first-order chi connectivity index (χ1) is 14.5. The average Bonchev–Trinajstić information content (AvgIpc) is 3.29. The van der Waals surface area contributed by atoms with E-state index in [2.05, 4.69) is 20.3 Å². The molecule has 0 spiro atoms. The Balaban J connectivity index is 1.81. The van der Waals surface area contributed by atoms with E-state index in [0.29, 0.717) is 28.6 Å². The molecule has 2 atom stereocenters. The molecule has 1 aliphatic rings. The lowest BCUT2D eigenvalue weighted by Crippen LogP contribution is -2.46. The number of fused-ring (bicyclic) bond motifs is 1. The summed E-state index contributed by atoms with van der Waals surface area (Å²) in [7, 11) is 0. The van der Waals surface area contributed by atoms with Gasteiger partial charge in [-0.2, -0.15) is 0 Å². The van der Waals surface area contributed by atoms with Crippen LogP contribution in [0.5, 0.6) is 0 Å². The summed E-state index contributed by atoms with van der Waals surface area (Å²) in [6.07, 6.45) is 4.68. The molecule has 152 valence electrons. The highest BCUT2D eigenvalue weighted by molar-refractivity contribution is 7.11. The minimum absolute atomic E-state index is 0.125. The van der Waals surface area contributed by atoms with Crippen molar-refractivity contribution in [2.24, 2.45) is 0 Å². The Morgan fingerprint density at radius 2 is 2.13 bits per heavy atom. The number of hydrogen-bond acceptors (Lipinski definition) is 8. The predicted octanol–water partition coefficient (Wildman–Crippen LogP) is 3.74. The molecule has 2 aromatic heterocycles. The van der Waals surface area contributed by atoms with E-state index in [9.17, 15) is 9.18 Å². The van der Waals surface area contributed by atoms with E-state index in [1.165, 1.54) is 29.7 Å². The number of carbonyl (C=O) groups excluding carboxylic acids is 1. The zero-order valence-corrected chi connectivity index (χ0v) is 16.8. The summed E-state index contributed by atoms with van der Waals surface area (Å²) >= 11 is 1.30. The zero-order chi connectivity index (χ0) is 21.3. The van der Waals surface area contributed by atoms with Gasteiger partial charge >= 0.3 is 0 Å². The number of anilines is 3. The van der Waals surface area contributed by atoms with Crippen molar-refractivity contribution in [1.29, 1.82) is 10.8 Å². The van der Waals surface area contributed by atoms with Crippen LogP contribution in [-0.2, 0) is 4.79 Å². The lowest BCUT2D eigenvalue weighted by Gasteiger charge is -2.36. The molecule has 0 saturated heterocycles. The van der Waals surface area contributed by atoms with Crippen LogP contribution in [0.2, 0.25) is 0 Å². The van der Waals surface area contributed by atoms with Crippen LogP contribution in [0.1, 0.15) is 30.1 Å². The molecule has 3 aromatic rings. The van der Waals surface area contributed by atoms with Gasteiger partial charge in [-0.1, -0.05) is 6.92 Å². The number of benzene rings is 1. The van der Waals surface area contributed by atoms with Gasteiger partial charge in [-0.3, -0.25) is 4.79 Å². The van der Waals surface area contributed by atoms with Crippen molar-refractivity contribution in [1.82, 2.24) is 15.0 Å². The second kappa shape index (κ2) is 8.07. The number of rotatable bonds is 6. The minimum Gasteiger partial charge on any atom is -0.320 e. The third-order valence-corrected chi connectivity index (χ3v) is 5.60. The van der Waals surface area contributed by atoms with Gasteiger partial charge in [0.25, 0.3) is 0 Å². The second-order valence-corrected chi connectivity index (χ2v) is 7.52. The molecule has 2 unspecified atom stereocenters. The van der Waals surface area contributed by atoms with Crippen LogP contribution in [0.4, 0.5) is 21.6 Å². The third kappa shape index (κ3) is 3.45. The van der Waals surface area contributed by atoms with Crippen LogP contribution >= 0.6 is 11.3 Å². The standard InChI is InChI=1S/C20H18FN7OS/c1-2-15-19(29)26-14-10-25-17(13(9-22)16(23)20-24-7-8-30-20)27-18(14)28(15)12-5-3-11(21)4-6-12/h3-10,13,15,22-23H,2H2,1H3,(H,26,29). The molecular weight excluding hydrogens is 405 g/mol. The highest BCUT2D eigenvalue weighted by Gasteiger charge is 2.35. The van der Waals surface area contributed by atoms with Gasteiger partial charge in [-0.15, -0.1) is 11.3 Å². The van der Waals surface area contributed by atoms with Crippen LogP contribution in [0, 0.1) is 16.6 Å². The number of nitrogens with zero attached hydrogens (tertiary/aromatic N) is 4. The fourth-order valence-corrected chi connectivity index (χ4v) is 3.96. The largest absolute Gasteiger partial charge is 0.320 e. The van der Waals surface area contributed by atoms with Crippen molar-refractivity contribution < 1.29 is 9.18 Å². The van der Waals surface area contributed by atoms with E-state index in [1.807, 2.05) is 6.92 Å². The molecule has 30 heavy (non-hydrogen) atoms. The fraction of sp³-hybridized carbons (Fsp3) is 0.200. The molecule has 0 bridgehead atoms. The lowest BCUT2D eigenvalue weighted by molar-refractivity contribution is -0.117. The molecule has 0 saturated carbocycles. The smallest absolute Gasteiger partial charge is 0.247 e. The normalized spacial score (nSPS) is 16.5. The summed E-state index contributed by atoms with van der Waals surface area (Å²) in [6, 6.07) is 5.30. The first-order valence-electron chi connectivity index (χ1n) is 9.25. The van der Waals surface area contributed by atoms with Gasteiger partial charge in [0.1, 0.15) is 28.4 Å². The fourth-order valence-electron chi connectivity index (χ4n) is 3.34. The molecule has 0 aliphatic carbocycles. The summed E-state index contributed by atoms with van der Waals surface area (Å²) < 4.78 is 13.5. The monoisotopic (exact) mass is 423 g/mol. The summed E-state index contributed by atoms with van der Waals surface area (Å²) in [5.41, 5.74) is 1.16. The predicted molar refractivity (Wildman–Crippen MR) is 114 cm³/mol. The van der Waals surface area contributed by atoms with Gasteiger partial charge in [0.2, 0.25) is 5.91 Å². The number of hydrogen-bond donors (Lipinski definition) is 3. The number of nitrogens with one attached hydrogen (secondary N) is 3. The zero-order valence-electron chi connectivity index (χ0n) is 16.0. The van der Waals surface area contributed by atoms with Crippen LogP contribution < -0.4 is 10.2 Å². The first-order valence-corrected chi connectivity index (χ1v) is 10.1. The second-order valence-electron chi connectivity index (χ2n) is 6.62. The van der Waals surface area contributed by atoms with Crippen LogP contribution in [-0.4, -0.2) is 38.8 Å². The van der Waals surface area contributed by atoms with Crippen LogP contribution in [0.15, 0.2) is 42.0 Å². The van der Waals surface area contributed by atoms with Gasteiger partial charge in [0.05, 0.1) is 17.8 Å². The number of aromatic nitrogens is 3. The molecule has 10 heteroatoms. The average molecular weight is 423 g/mol. The molecule has 1 amide bonds. The Kier molecular flexibility index (Phi) is 5.32. The van der Waals surface area contributed by atoms with Crippen molar-refractivity contribution in [2.45, 2.75) is 25.3 Å². The maximum atomic E-state index is 13.5. The minimum atomic E-state index is -0.783. The van der Waals surface area contributed by atoms with Crippen molar-refractivity contribution in [2.75, 3.05) is 10.2 Å². The summed E-state index contributed by atoms with van der Waals surface area (Å²) in [5, 5.41) is 21.3. The van der Waals surface area contributed by atoms with E-state index in [4.69, 9.17) is 10.8 Å². The molecule has 1 aromatic carbocycles. The van der Waals surface area contributed by atoms with E-state index in [0.717, 1.165) is 6.21 Å². The topological polar surface area (TPSA) is 119 Å². The molecular formula is C20H18FN7OS. The van der Waals surface area contributed by atoms with Gasteiger partial charge in [-0.25, -0.2) is 19.3 Å². The van der Waals surface area contributed by atoms with E-state index < -0.39 is 12.0 Å². The summed E-state index contributed by atoms with van der Waals surface area (Å²) in [5.74, 6) is -0.671. The first kappa shape index (κ1) is 19.8. The third-order valence-electron chi connectivity index (χ3n) is 4.80. The van der Waals surface area contributed by atoms with Gasteiger partial charge in [-0.05, 0) is 30.7 Å². The van der Waals surface area contributed by atoms with Crippen molar-refractivity contribution in [3.63, 3.8) is 0 Å². The van der Waals surface area contributed by atoms with Crippen molar-refractivity contribution in [3.8, 4) is 0 Å². The Bertz CT molecular complexity index is 1100. The molecule has 3 N–H and O–H groups in total. The highest BCUT2D eigenvalue weighted by atomic mass is 32.1. The van der Waals surface area contributed by atoms with Crippen molar-refractivity contribution in [3.05, 3.63) is 58.7 Å². The molecule has 1 aliphatic heterocycles. The molecule has 4 rings (SSSR count). The Labute approximate surface area is 175 Å². The maximum Gasteiger partial charge on any atom is 0.247 e. The van der Waals surface area contributed by atoms with E-state index in [-0.39, 0.29) is 23.3 Å². The quantitative estimate of drug-likeness (QED) is 0.522. The maximum absolute atomic E-state index is 13.5. The molecule has 0 fully saturated rings.